The molecule has 0 saturated heterocycles. The van der Waals surface area contributed by atoms with Crippen LogP contribution in [0.4, 0.5) is 5.69 Å². The van der Waals surface area contributed by atoms with Gasteiger partial charge in [-0.05, 0) is 47.5 Å². The van der Waals surface area contributed by atoms with Crippen LogP contribution < -0.4 is 14.4 Å². The van der Waals surface area contributed by atoms with E-state index in [2.05, 4.69) is 21.2 Å². The van der Waals surface area contributed by atoms with Crippen molar-refractivity contribution in [3.8, 4) is 5.75 Å². The molecular formula is C32H32BrN3O5S. The zero-order valence-corrected chi connectivity index (χ0v) is 25.7. The summed E-state index contributed by atoms with van der Waals surface area (Å²) < 4.78 is 35.2. The first kappa shape index (κ1) is 30.8. The largest absolute Gasteiger partial charge is 0.497 e. The SMILES string of the molecule is CNC(=O)C(Cc1ccccc1)N(Cc1ccc(Br)cc1)C(=O)CN(c1cccc(OC)c1)S(=O)(=O)c1ccccc1. The van der Waals surface area contributed by atoms with Gasteiger partial charge in [0, 0.05) is 30.6 Å². The number of hydrogen-bond acceptors (Lipinski definition) is 5. The van der Waals surface area contributed by atoms with Gasteiger partial charge >= 0.3 is 0 Å². The molecule has 4 rings (SSSR count). The van der Waals surface area contributed by atoms with Crippen molar-refractivity contribution >= 4 is 43.5 Å². The molecule has 0 aromatic heterocycles. The van der Waals surface area contributed by atoms with Crippen molar-refractivity contribution in [2.75, 3.05) is 25.0 Å². The topological polar surface area (TPSA) is 96.0 Å². The third-order valence-electron chi connectivity index (χ3n) is 6.74. The van der Waals surface area contributed by atoms with Gasteiger partial charge in [0.2, 0.25) is 11.8 Å². The third kappa shape index (κ3) is 7.57. The van der Waals surface area contributed by atoms with Gasteiger partial charge in [-0.25, -0.2) is 8.42 Å². The second-order valence-electron chi connectivity index (χ2n) is 9.49. The number of benzene rings is 4. The smallest absolute Gasteiger partial charge is 0.264 e. The van der Waals surface area contributed by atoms with E-state index in [4.69, 9.17) is 4.74 Å². The average molecular weight is 651 g/mol. The number of hydrogen-bond donors (Lipinski definition) is 1. The standard InChI is InChI=1S/C32H32BrN3O5S/c1-34-32(38)30(20-24-10-5-3-6-11-24)35(22-25-16-18-26(33)19-17-25)31(37)23-36(27-12-9-13-28(21-27)41-2)42(39,40)29-14-7-4-8-15-29/h3-19,21,30H,20,22-23H2,1-2H3,(H,34,38). The van der Waals surface area contributed by atoms with Crippen LogP contribution in [0.2, 0.25) is 0 Å². The minimum atomic E-state index is -4.17. The van der Waals surface area contributed by atoms with E-state index in [9.17, 15) is 18.0 Å². The fourth-order valence-electron chi connectivity index (χ4n) is 4.52. The Morgan fingerprint density at radius 1 is 0.857 bits per heavy atom. The Morgan fingerprint density at radius 2 is 1.50 bits per heavy atom. The second-order valence-corrected chi connectivity index (χ2v) is 12.3. The molecule has 10 heteroatoms. The molecule has 0 spiro atoms. The Kier molecular flexibility index (Phi) is 10.4. The summed E-state index contributed by atoms with van der Waals surface area (Å²) in [6, 6.07) is 30.4. The Labute approximate surface area is 255 Å². The number of rotatable bonds is 12. The molecule has 4 aromatic rings. The fourth-order valence-corrected chi connectivity index (χ4v) is 6.21. The molecule has 1 N–H and O–H groups in total. The molecule has 4 aromatic carbocycles. The van der Waals surface area contributed by atoms with Crippen LogP contribution in [0.3, 0.4) is 0 Å². The van der Waals surface area contributed by atoms with Gasteiger partial charge in [0.1, 0.15) is 18.3 Å². The van der Waals surface area contributed by atoms with E-state index in [1.54, 1.807) is 42.5 Å². The van der Waals surface area contributed by atoms with E-state index < -0.39 is 28.5 Å². The van der Waals surface area contributed by atoms with Crippen molar-refractivity contribution < 1.29 is 22.7 Å². The van der Waals surface area contributed by atoms with E-state index in [0.717, 1.165) is 19.9 Å². The number of carbonyl (C=O) groups is 2. The highest BCUT2D eigenvalue weighted by molar-refractivity contribution is 9.10. The maximum atomic E-state index is 14.3. The molecule has 0 fully saturated rings. The first-order chi connectivity index (χ1) is 20.2. The molecule has 0 saturated carbocycles. The van der Waals surface area contributed by atoms with Crippen LogP contribution in [-0.4, -0.2) is 51.9 Å². The molecule has 1 unspecified atom stereocenters. The Morgan fingerprint density at radius 3 is 2.12 bits per heavy atom. The molecule has 0 aliphatic carbocycles. The van der Waals surface area contributed by atoms with Gasteiger partial charge in [-0.1, -0.05) is 82.7 Å². The van der Waals surface area contributed by atoms with Crippen LogP contribution in [0.1, 0.15) is 11.1 Å². The van der Waals surface area contributed by atoms with E-state index in [1.807, 2.05) is 54.6 Å². The predicted octanol–water partition coefficient (Wildman–Crippen LogP) is 5.04. The lowest BCUT2D eigenvalue weighted by Crippen LogP contribution is -2.53. The molecule has 0 aliphatic rings. The van der Waals surface area contributed by atoms with E-state index >= 15 is 0 Å². The van der Waals surface area contributed by atoms with Crippen molar-refractivity contribution in [2.24, 2.45) is 0 Å². The minimum Gasteiger partial charge on any atom is -0.497 e. The first-order valence-corrected chi connectivity index (χ1v) is 15.5. The van der Waals surface area contributed by atoms with Crippen molar-refractivity contribution in [3.05, 3.63) is 125 Å². The number of ether oxygens (including phenoxy) is 1. The highest BCUT2D eigenvalue weighted by Gasteiger charge is 2.34. The lowest BCUT2D eigenvalue weighted by molar-refractivity contribution is -0.139. The number of nitrogens with one attached hydrogen (secondary N) is 1. The number of carbonyl (C=O) groups excluding carboxylic acids is 2. The molecule has 0 aliphatic heterocycles. The number of anilines is 1. The normalized spacial score (nSPS) is 11.8. The lowest BCUT2D eigenvalue weighted by atomic mass is 10.0. The van der Waals surface area contributed by atoms with Gasteiger partial charge < -0.3 is 15.0 Å². The molecule has 1 atom stereocenters. The Bertz CT molecular complexity index is 1600. The molecule has 2 amide bonds. The summed E-state index contributed by atoms with van der Waals surface area (Å²) in [6.07, 6.45) is 0.243. The maximum absolute atomic E-state index is 14.3. The lowest BCUT2D eigenvalue weighted by Gasteiger charge is -2.33. The molecule has 8 nitrogen and oxygen atoms in total. The minimum absolute atomic E-state index is 0.0345. The number of halogens is 1. The zero-order valence-electron chi connectivity index (χ0n) is 23.3. The zero-order chi connectivity index (χ0) is 30.1. The quantitative estimate of drug-likeness (QED) is 0.232. The monoisotopic (exact) mass is 649 g/mol. The number of amides is 2. The van der Waals surface area contributed by atoms with Gasteiger partial charge in [0.25, 0.3) is 10.0 Å². The van der Waals surface area contributed by atoms with Crippen LogP contribution in [0.15, 0.2) is 119 Å². The second kappa shape index (κ2) is 14.2. The predicted molar refractivity (Wildman–Crippen MR) is 167 cm³/mol. The summed E-state index contributed by atoms with van der Waals surface area (Å²) in [5.41, 5.74) is 1.91. The molecule has 0 heterocycles. The fraction of sp³-hybridized carbons (Fsp3) is 0.188. The van der Waals surface area contributed by atoms with E-state index in [0.29, 0.717) is 5.75 Å². The van der Waals surface area contributed by atoms with Gasteiger partial charge in [0.15, 0.2) is 0 Å². The van der Waals surface area contributed by atoms with Gasteiger partial charge in [-0.15, -0.1) is 0 Å². The van der Waals surface area contributed by atoms with Crippen LogP contribution in [0.25, 0.3) is 0 Å². The van der Waals surface area contributed by atoms with E-state index in [-0.39, 0.29) is 29.5 Å². The average Bonchev–Trinajstić information content (AvgIpc) is 3.02. The third-order valence-corrected chi connectivity index (χ3v) is 9.05. The summed E-state index contributed by atoms with van der Waals surface area (Å²) in [5.74, 6) is -0.458. The summed E-state index contributed by atoms with van der Waals surface area (Å²) in [7, 11) is -1.17. The number of likely N-dealkylation sites (N-methyl/N-ethyl adjacent to an activating group) is 1. The highest BCUT2D eigenvalue weighted by atomic mass is 79.9. The van der Waals surface area contributed by atoms with Crippen LogP contribution >= 0.6 is 15.9 Å². The van der Waals surface area contributed by atoms with Crippen molar-refractivity contribution in [3.63, 3.8) is 0 Å². The van der Waals surface area contributed by atoms with Crippen molar-refractivity contribution in [1.29, 1.82) is 0 Å². The first-order valence-electron chi connectivity index (χ1n) is 13.2. The van der Waals surface area contributed by atoms with Crippen molar-refractivity contribution in [2.45, 2.75) is 23.9 Å². The number of sulfonamides is 1. The van der Waals surface area contributed by atoms with E-state index in [1.165, 1.54) is 31.2 Å². The van der Waals surface area contributed by atoms with Crippen LogP contribution in [0, 0.1) is 0 Å². The molecule has 0 bridgehead atoms. The number of methoxy groups -OCH3 is 1. The highest BCUT2D eigenvalue weighted by Crippen LogP contribution is 2.28. The Balaban J connectivity index is 1.79. The van der Waals surface area contributed by atoms with Gasteiger partial charge in [-0.3, -0.25) is 13.9 Å². The van der Waals surface area contributed by atoms with Crippen LogP contribution in [-0.2, 0) is 32.6 Å². The number of nitrogens with zero attached hydrogens (tertiary/aromatic N) is 2. The summed E-state index contributed by atoms with van der Waals surface area (Å²) in [5, 5.41) is 2.68. The summed E-state index contributed by atoms with van der Waals surface area (Å²) >= 11 is 3.43. The van der Waals surface area contributed by atoms with Gasteiger partial charge in [-0.2, -0.15) is 0 Å². The maximum Gasteiger partial charge on any atom is 0.264 e. The molecule has 218 valence electrons. The summed E-state index contributed by atoms with van der Waals surface area (Å²) in [4.78, 5) is 29.1. The molecule has 0 radical (unpaired) electrons. The van der Waals surface area contributed by atoms with Crippen molar-refractivity contribution in [1.82, 2.24) is 10.2 Å². The Hall–Kier alpha value is -4.15. The molecular weight excluding hydrogens is 618 g/mol. The van der Waals surface area contributed by atoms with Crippen LogP contribution in [0.5, 0.6) is 5.75 Å². The molecule has 42 heavy (non-hydrogen) atoms. The van der Waals surface area contributed by atoms with Gasteiger partial charge in [0.05, 0.1) is 17.7 Å². The summed E-state index contributed by atoms with van der Waals surface area (Å²) in [6.45, 7) is -0.447.